The van der Waals surface area contributed by atoms with Gasteiger partial charge in [-0.1, -0.05) is 29.8 Å². The lowest BCUT2D eigenvalue weighted by molar-refractivity contribution is -0.151. The second-order valence-electron chi connectivity index (χ2n) is 16.3. The molecule has 3 N–H and O–H groups in total. The van der Waals surface area contributed by atoms with Gasteiger partial charge in [0.05, 0.1) is 22.9 Å². The average molecular weight is 862 g/mol. The van der Waals surface area contributed by atoms with Gasteiger partial charge in [-0.2, -0.15) is 13.2 Å². The van der Waals surface area contributed by atoms with E-state index in [4.69, 9.17) is 31.5 Å². The van der Waals surface area contributed by atoms with Crippen molar-refractivity contribution < 1.29 is 46.6 Å². The Kier molecular flexibility index (Phi) is 14.3. The normalized spacial score (nSPS) is 22.1. The van der Waals surface area contributed by atoms with Crippen molar-refractivity contribution in [3.63, 3.8) is 0 Å². The Balaban J connectivity index is 0.974. The molecule has 5 heterocycles. The molecule has 0 bridgehead atoms. The van der Waals surface area contributed by atoms with Crippen LogP contribution in [0.1, 0.15) is 61.6 Å². The summed E-state index contributed by atoms with van der Waals surface area (Å²) >= 11 is 6.16. The molecule has 4 amide bonds. The molecule has 5 aliphatic rings. The number of likely N-dealkylation sites (tertiary alicyclic amines) is 3. The van der Waals surface area contributed by atoms with E-state index in [1.54, 1.807) is 9.80 Å². The van der Waals surface area contributed by atoms with E-state index in [1.165, 1.54) is 11.0 Å². The zero-order valence-corrected chi connectivity index (χ0v) is 34.6. The van der Waals surface area contributed by atoms with Crippen LogP contribution in [-0.2, 0) is 42.8 Å². The van der Waals surface area contributed by atoms with Gasteiger partial charge in [0.25, 0.3) is 5.91 Å². The number of nitrogen functional groups attached to an aromatic ring is 1. The molecule has 4 saturated heterocycles. The van der Waals surface area contributed by atoms with Gasteiger partial charge in [-0.25, -0.2) is 9.59 Å². The van der Waals surface area contributed by atoms with Gasteiger partial charge >= 0.3 is 24.3 Å². The maximum atomic E-state index is 14.2. The molecule has 0 aromatic heterocycles. The zero-order valence-electron chi connectivity index (χ0n) is 33.8. The molecular weight excluding hydrogens is 807 g/mol. The number of amides is 4. The summed E-state index contributed by atoms with van der Waals surface area (Å²) in [6.45, 7) is 6.44. The summed E-state index contributed by atoms with van der Waals surface area (Å²) in [7, 11) is 0. The van der Waals surface area contributed by atoms with Gasteiger partial charge in [-0.05, 0) is 87.2 Å². The number of hydrogen-bond acceptors (Lipinski definition) is 10. The number of alkyl halides is 3. The number of nitrogens with two attached hydrogens (primary N) is 1. The van der Waals surface area contributed by atoms with Crippen molar-refractivity contribution in [3.05, 3.63) is 58.1 Å². The highest BCUT2D eigenvalue weighted by atomic mass is 35.5. The largest absolute Gasteiger partial charge is 0.463 e. The molecule has 0 spiro atoms. The first kappa shape index (κ1) is 43.8. The molecule has 328 valence electrons. The predicted octanol–water partition coefficient (Wildman–Crippen LogP) is 5.26. The van der Waals surface area contributed by atoms with Crippen molar-refractivity contribution in [1.82, 2.24) is 24.5 Å². The Labute approximate surface area is 353 Å². The van der Waals surface area contributed by atoms with Crippen molar-refractivity contribution in [2.24, 2.45) is 0 Å². The Bertz CT molecular complexity index is 1850. The Morgan fingerprint density at radius 1 is 0.900 bits per heavy atom. The summed E-state index contributed by atoms with van der Waals surface area (Å²) in [5.41, 5.74) is 5.79. The van der Waals surface area contributed by atoms with E-state index < -0.39 is 35.5 Å². The number of hydrogen-bond donors (Lipinski definition) is 2. The highest BCUT2D eigenvalue weighted by Gasteiger charge is 2.41. The Hall–Kier alpha value is -4.32. The number of nitrogens with one attached hydrogen (secondary N) is 1. The summed E-state index contributed by atoms with van der Waals surface area (Å²) in [5, 5.41) is 2.66. The average Bonchev–Trinajstić information content (AvgIpc) is 3.49. The number of para-hydroxylation sites is 1. The summed E-state index contributed by atoms with van der Waals surface area (Å²) < 4.78 is 59.0. The lowest BCUT2D eigenvalue weighted by Crippen LogP contribution is -2.53. The van der Waals surface area contributed by atoms with Crippen LogP contribution < -0.4 is 11.1 Å². The van der Waals surface area contributed by atoms with Crippen molar-refractivity contribution in [1.29, 1.82) is 0 Å². The fourth-order valence-electron chi connectivity index (χ4n) is 9.21. The molecule has 5 aliphatic heterocycles. The quantitative estimate of drug-likeness (QED) is 0.239. The molecule has 2 atom stereocenters. The van der Waals surface area contributed by atoms with Crippen molar-refractivity contribution >= 4 is 47.0 Å². The van der Waals surface area contributed by atoms with E-state index >= 15 is 0 Å². The molecule has 0 saturated carbocycles. The standard InChI is InChI=1S/C42H55ClF3N7O7/c43-33-26-28(25-32(37(33)47)42(44,45)46)27-36(60-41(57)51-17-11-31(12-18-51)53-19-8-29-5-1-2-6-34(29)48-40(53)56)38(54)50-15-9-30(10-16-50)52-14-3-7-35(52)39(55)59-24-21-49-13-4-22-58-23-20-49/h1-2,5-6,25-26,30-31,35-36H,3-4,7-24,27,47H2,(H,48,56)/t35-,36-/m1/s1. The number of benzene rings is 2. The molecule has 0 unspecified atom stereocenters. The van der Waals surface area contributed by atoms with Crippen LogP contribution in [-0.4, -0.2) is 151 Å². The first-order valence-corrected chi connectivity index (χ1v) is 21.5. The summed E-state index contributed by atoms with van der Waals surface area (Å²) in [5.74, 6) is -0.774. The third-order valence-electron chi connectivity index (χ3n) is 12.5. The molecule has 14 nitrogen and oxygen atoms in total. The lowest BCUT2D eigenvalue weighted by Gasteiger charge is -2.40. The van der Waals surface area contributed by atoms with Gasteiger partial charge in [0.2, 0.25) is 0 Å². The smallest absolute Gasteiger partial charge is 0.418 e. The monoisotopic (exact) mass is 861 g/mol. The predicted molar refractivity (Wildman–Crippen MR) is 217 cm³/mol. The number of piperidine rings is 2. The van der Waals surface area contributed by atoms with E-state index in [-0.39, 0.29) is 60.2 Å². The minimum Gasteiger partial charge on any atom is -0.463 e. The zero-order chi connectivity index (χ0) is 42.4. The molecule has 7 rings (SSSR count). The number of halogens is 4. The summed E-state index contributed by atoms with van der Waals surface area (Å²) in [6, 6.07) is 9.08. The first-order valence-electron chi connectivity index (χ1n) is 21.1. The van der Waals surface area contributed by atoms with E-state index in [9.17, 15) is 32.3 Å². The minimum absolute atomic E-state index is 0.0184. The van der Waals surface area contributed by atoms with Crippen LogP contribution in [0.3, 0.4) is 0 Å². The second kappa shape index (κ2) is 19.6. The highest BCUT2D eigenvalue weighted by molar-refractivity contribution is 6.33. The number of carbonyl (C=O) groups is 4. The van der Waals surface area contributed by atoms with E-state index in [0.717, 1.165) is 56.4 Å². The number of urea groups is 1. The number of carbonyl (C=O) groups excluding carboxylic acids is 4. The summed E-state index contributed by atoms with van der Waals surface area (Å²) in [6.07, 6.45) is -2.15. The van der Waals surface area contributed by atoms with Gasteiger partial charge in [-0.3, -0.25) is 19.4 Å². The molecule has 2 aromatic carbocycles. The molecule has 18 heteroatoms. The van der Waals surface area contributed by atoms with E-state index in [2.05, 4.69) is 15.1 Å². The van der Waals surface area contributed by atoms with Gasteiger partial charge in [0.1, 0.15) is 12.6 Å². The fraction of sp³-hybridized carbons (Fsp3) is 0.619. The van der Waals surface area contributed by atoms with Crippen LogP contribution in [0, 0.1) is 0 Å². The van der Waals surface area contributed by atoms with Crippen LogP contribution in [0.4, 0.5) is 34.1 Å². The molecular formula is C42H55ClF3N7O7. The SMILES string of the molecule is Nc1c(Cl)cc(C[C@@H](OC(=O)N2CCC(N3CCc4ccccc4NC3=O)CC2)C(=O)N2CCC(N3CCC[C@@H]3C(=O)OCCN3CCCOCC3)CC2)cc1C(F)(F)F. The molecule has 2 aromatic rings. The van der Waals surface area contributed by atoms with Crippen molar-refractivity contribution in [3.8, 4) is 0 Å². The van der Waals surface area contributed by atoms with Crippen LogP contribution in [0.5, 0.6) is 0 Å². The Morgan fingerprint density at radius 3 is 2.40 bits per heavy atom. The maximum absolute atomic E-state index is 14.2. The molecule has 4 fully saturated rings. The number of esters is 1. The van der Waals surface area contributed by atoms with E-state index in [1.807, 2.05) is 24.3 Å². The van der Waals surface area contributed by atoms with Gasteiger partial charge in [-0.15, -0.1) is 0 Å². The number of fused-ring (bicyclic) bond motifs is 1. The van der Waals surface area contributed by atoms with Crippen LogP contribution in [0.15, 0.2) is 36.4 Å². The number of rotatable bonds is 10. The van der Waals surface area contributed by atoms with Gasteiger partial charge < -0.3 is 40.0 Å². The minimum atomic E-state index is -4.80. The van der Waals surface area contributed by atoms with Crippen molar-refractivity contribution in [2.75, 3.05) is 89.8 Å². The number of anilines is 2. The fourth-order valence-corrected chi connectivity index (χ4v) is 9.45. The van der Waals surface area contributed by atoms with Crippen LogP contribution in [0.25, 0.3) is 0 Å². The molecule has 60 heavy (non-hydrogen) atoms. The summed E-state index contributed by atoms with van der Waals surface area (Å²) in [4.78, 5) is 63.6. The Morgan fingerprint density at radius 2 is 1.63 bits per heavy atom. The topological polar surface area (TPSA) is 150 Å². The molecule has 0 aliphatic carbocycles. The third kappa shape index (κ3) is 10.6. The van der Waals surface area contributed by atoms with E-state index in [0.29, 0.717) is 77.9 Å². The molecule has 0 radical (unpaired) electrons. The number of nitrogens with zero attached hydrogens (tertiary/aromatic N) is 5. The maximum Gasteiger partial charge on any atom is 0.418 e. The first-order chi connectivity index (χ1) is 28.9. The van der Waals surface area contributed by atoms with Gasteiger partial charge in [0, 0.05) is 83.2 Å². The van der Waals surface area contributed by atoms with Gasteiger partial charge in [0.15, 0.2) is 6.10 Å². The van der Waals surface area contributed by atoms with Crippen molar-refractivity contribution in [2.45, 2.75) is 88.2 Å². The second-order valence-corrected chi connectivity index (χ2v) is 16.7. The highest BCUT2D eigenvalue weighted by Crippen LogP contribution is 2.38. The van der Waals surface area contributed by atoms with Crippen LogP contribution in [0.2, 0.25) is 5.02 Å². The number of ether oxygens (including phenoxy) is 3. The van der Waals surface area contributed by atoms with Crippen LogP contribution >= 0.6 is 11.6 Å². The lowest BCUT2D eigenvalue weighted by atomic mass is 9.99. The third-order valence-corrected chi connectivity index (χ3v) is 12.8.